The molecule has 0 aliphatic heterocycles. The molecule has 0 aromatic carbocycles. The van der Waals surface area contributed by atoms with Gasteiger partial charge in [-0.2, -0.15) is 0 Å². The highest BCUT2D eigenvalue weighted by Gasteiger charge is 2.17. The van der Waals surface area contributed by atoms with E-state index in [1.54, 1.807) is 0 Å². The van der Waals surface area contributed by atoms with E-state index in [0.717, 1.165) is 38.5 Å². The van der Waals surface area contributed by atoms with Crippen LogP contribution in [0.4, 0.5) is 9.59 Å². The monoisotopic (exact) mass is 420 g/mol. The van der Waals surface area contributed by atoms with Crippen molar-refractivity contribution in [2.24, 2.45) is 0 Å². The Morgan fingerprint density at radius 3 is 1.64 bits per heavy atom. The van der Waals surface area contributed by atoms with E-state index in [9.17, 15) is 9.59 Å². The number of aliphatic hydroxyl groups excluding tert-OH is 1. The van der Waals surface area contributed by atoms with Crippen molar-refractivity contribution in [3.05, 3.63) is 0 Å². The van der Waals surface area contributed by atoms with E-state index in [1.807, 2.05) is 0 Å². The summed E-state index contributed by atoms with van der Waals surface area (Å²) in [7, 11) is 0. The maximum absolute atomic E-state index is 10.8. The minimum absolute atomic E-state index is 0.0359. The fraction of sp³-hybridized carbons (Fsp3) is 0.875. The molecule has 0 saturated heterocycles. The Morgan fingerprint density at radius 2 is 1.32 bits per heavy atom. The largest absolute Gasteiger partial charge is 0.509 e. The summed E-state index contributed by atoms with van der Waals surface area (Å²) in [6, 6.07) is -0.312. The van der Waals surface area contributed by atoms with Gasteiger partial charge in [0.1, 0.15) is 6.10 Å². The summed E-state index contributed by atoms with van der Waals surface area (Å²) in [5.41, 5.74) is -0.870. The van der Waals surface area contributed by atoms with Crippen LogP contribution in [0.15, 0.2) is 0 Å². The number of rotatable bonds is 3. The Labute approximate surface area is 164 Å². The Bertz CT molecular complexity index is 345. The molecular formula is C16H27Cl3O6. The van der Waals surface area contributed by atoms with Gasteiger partial charge in [0.15, 0.2) is 12.1 Å². The van der Waals surface area contributed by atoms with Crippen LogP contribution in [0.25, 0.3) is 0 Å². The van der Waals surface area contributed by atoms with E-state index in [0.29, 0.717) is 0 Å². The molecule has 0 spiro atoms. The fourth-order valence-electron chi connectivity index (χ4n) is 2.52. The third kappa shape index (κ3) is 16.8. The summed E-state index contributed by atoms with van der Waals surface area (Å²) in [4.78, 5) is 20.3. The van der Waals surface area contributed by atoms with Gasteiger partial charge < -0.3 is 19.3 Å². The molecule has 148 valence electrons. The highest BCUT2D eigenvalue weighted by molar-refractivity contribution is 6.61. The molecule has 0 radical (unpaired) electrons. The number of halogens is 3. The van der Waals surface area contributed by atoms with Crippen molar-refractivity contribution in [2.75, 3.05) is 12.1 Å². The minimum atomic E-state index is -0.870. The molecule has 0 aromatic rings. The van der Waals surface area contributed by atoms with E-state index in [1.165, 1.54) is 25.7 Å². The Hall–Kier alpha value is -0.430. The van der Waals surface area contributed by atoms with Gasteiger partial charge in [-0.15, -0.1) is 0 Å². The molecule has 0 aromatic heterocycles. The van der Waals surface area contributed by atoms with Crippen LogP contribution in [-0.2, 0) is 14.2 Å². The van der Waals surface area contributed by atoms with Gasteiger partial charge in [0.2, 0.25) is 0 Å². The number of alkyl halides is 2. The van der Waals surface area contributed by atoms with Crippen molar-refractivity contribution < 1.29 is 28.9 Å². The Balaban J connectivity index is 0.000000378. The van der Waals surface area contributed by atoms with Crippen LogP contribution in [-0.4, -0.2) is 41.0 Å². The molecule has 0 heterocycles. The summed E-state index contributed by atoms with van der Waals surface area (Å²) in [6.45, 7) is 0. The zero-order valence-corrected chi connectivity index (χ0v) is 16.5. The first-order chi connectivity index (χ1) is 12.0. The second-order valence-corrected chi connectivity index (χ2v) is 6.41. The minimum Gasteiger partial charge on any atom is -0.437 e. The van der Waals surface area contributed by atoms with Gasteiger partial charge >= 0.3 is 11.6 Å². The van der Waals surface area contributed by atoms with Crippen LogP contribution in [0.1, 0.15) is 64.2 Å². The number of hydrogen-bond acceptors (Lipinski definition) is 6. The molecule has 1 N–H and O–H groups in total. The second-order valence-electron chi connectivity index (χ2n) is 5.66. The number of hydrogen-bond donors (Lipinski definition) is 1. The van der Waals surface area contributed by atoms with E-state index in [4.69, 9.17) is 33.0 Å². The zero-order chi connectivity index (χ0) is 18.9. The fourth-order valence-corrected chi connectivity index (χ4v) is 2.82. The molecule has 2 saturated carbocycles. The Kier molecular flexibility index (Phi) is 16.7. The second kappa shape index (κ2) is 17.0. The van der Waals surface area contributed by atoms with Crippen molar-refractivity contribution >= 4 is 46.4 Å². The van der Waals surface area contributed by atoms with Crippen LogP contribution in [0, 0.1) is 0 Å². The molecule has 2 aliphatic rings. The molecule has 2 rings (SSSR count). The average Bonchev–Trinajstić information content (AvgIpc) is 2.58. The standard InChI is InChI=1S/C8H13ClO3.C6H12O.C2H2Cl2O2/c9-6-11-8(10)12-7-4-2-1-3-5-7;7-6-4-2-1-3-5-6;3-1-6-2(4)5/h7H,1-6H2;6-7H,1-5H2;1H2. The van der Waals surface area contributed by atoms with E-state index in [-0.39, 0.29) is 24.3 Å². The average molecular weight is 422 g/mol. The van der Waals surface area contributed by atoms with Crippen molar-refractivity contribution in [1.82, 2.24) is 0 Å². The summed E-state index contributed by atoms with van der Waals surface area (Å²) < 4.78 is 13.4. The molecule has 25 heavy (non-hydrogen) atoms. The quantitative estimate of drug-likeness (QED) is 0.366. The van der Waals surface area contributed by atoms with Crippen LogP contribution < -0.4 is 0 Å². The van der Waals surface area contributed by atoms with Gasteiger partial charge in [0.05, 0.1) is 6.10 Å². The number of ether oxygens (including phenoxy) is 3. The third-order valence-electron chi connectivity index (χ3n) is 3.73. The molecule has 0 bridgehead atoms. The lowest BCUT2D eigenvalue weighted by molar-refractivity contribution is 0.0197. The molecular weight excluding hydrogens is 395 g/mol. The predicted octanol–water partition coefficient (Wildman–Crippen LogP) is 5.54. The Morgan fingerprint density at radius 1 is 0.840 bits per heavy atom. The molecule has 0 atom stereocenters. The SMILES string of the molecule is O=C(Cl)OCCl.O=C(OCCl)OC1CCCCC1.OC1CCCCC1. The third-order valence-corrected chi connectivity index (χ3v) is 4.06. The highest BCUT2D eigenvalue weighted by Crippen LogP contribution is 2.20. The molecule has 2 fully saturated rings. The maximum Gasteiger partial charge on any atom is 0.509 e. The maximum atomic E-state index is 10.8. The normalized spacial score (nSPS) is 17.9. The number of aliphatic hydroxyl groups is 1. The van der Waals surface area contributed by atoms with Crippen molar-refractivity contribution in [2.45, 2.75) is 76.4 Å². The zero-order valence-electron chi connectivity index (χ0n) is 14.3. The van der Waals surface area contributed by atoms with Gasteiger partial charge in [-0.05, 0) is 38.5 Å². The first-order valence-electron chi connectivity index (χ1n) is 8.45. The molecule has 0 amide bonds. The van der Waals surface area contributed by atoms with Crippen LogP contribution in [0.2, 0.25) is 0 Å². The van der Waals surface area contributed by atoms with Crippen molar-refractivity contribution in [3.63, 3.8) is 0 Å². The van der Waals surface area contributed by atoms with Crippen LogP contribution in [0.5, 0.6) is 0 Å². The van der Waals surface area contributed by atoms with Gasteiger partial charge in [-0.25, -0.2) is 9.59 Å². The smallest absolute Gasteiger partial charge is 0.437 e. The van der Waals surface area contributed by atoms with E-state index < -0.39 is 11.6 Å². The molecule has 9 heteroatoms. The summed E-state index contributed by atoms with van der Waals surface area (Å²) in [5.74, 6) is 0. The predicted molar refractivity (Wildman–Crippen MR) is 97.3 cm³/mol. The molecule has 0 unspecified atom stereocenters. The van der Waals surface area contributed by atoms with Gasteiger partial charge in [0, 0.05) is 11.6 Å². The number of carbonyl (C=O) groups excluding carboxylic acids is 2. The van der Waals surface area contributed by atoms with Gasteiger partial charge in [0.25, 0.3) is 0 Å². The lowest BCUT2D eigenvalue weighted by Crippen LogP contribution is -2.21. The highest BCUT2D eigenvalue weighted by atomic mass is 35.5. The van der Waals surface area contributed by atoms with Gasteiger partial charge in [-0.1, -0.05) is 48.9 Å². The van der Waals surface area contributed by atoms with Crippen LogP contribution >= 0.6 is 34.8 Å². The van der Waals surface area contributed by atoms with E-state index >= 15 is 0 Å². The lowest BCUT2D eigenvalue weighted by Gasteiger charge is -2.20. The van der Waals surface area contributed by atoms with E-state index in [2.05, 4.69) is 21.1 Å². The van der Waals surface area contributed by atoms with Crippen molar-refractivity contribution in [1.29, 1.82) is 0 Å². The summed E-state index contributed by atoms with van der Waals surface area (Å²) in [6.07, 6.45) is 10.8. The first-order valence-corrected chi connectivity index (χ1v) is 9.90. The molecule has 2 aliphatic carbocycles. The summed E-state index contributed by atoms with van der Waals surface area (Å²) >= 11 is 14.7. The first kappa shape index (κ1) is 24.6. The van der Waals surface area contributed by atoms with Crippen LogP contribution in [0.3, 0.4) is 0 Å². The van der Waals surface area contributed by atoms with Gasteiger partial charge in [-0.3, -0.25) is 0 Å². The number of carbonyl (C=O) groups is 2. The van der Waals surface area contributed by atoms with Crippen molar-refractivity contribution in [3.8, 4) is 0 Å². The lowest BCUT2D eigenvalue weighted by atomic mass is 9.98. The molecule has 6 nitrogen and oxygen atoms in total. The topological polar surface area (TPSA) is 82.1 Å². The summed E-state index contributed by atoms with van der Waals surface area (Å²) in [5, 5.41) is 8.91.